The molecule has 0 aliphatic heterocycles. The molecule has 0 aromatic rings. The molecule has 0 aromatic carbocycles. The molecule has 0 bridgehead atoms. The number of hydrogen-bond donors (Lipinski definition) is 10. The summed E-state index contributed by atoms with van der Waals surface area (Å²) in [4.78, 5) is 68.6. The second-order valence-electron chi connectivity index (χ2n) is 8.41. The number of carboxylic acids is 2. The number of amides is 3. The first-order valence-corrected chi connectivity index (χ1v) is 13.4. The summed E-state index contributed by atoms with van der Waals surface area (Å²) in [6.07, 6.45) is 2.03. The number of rotatable bonds is 20. The molecule has 4 atom stereocenters. The predicted molar refractivity (Wildman–Crippen MR) is 146 cm³/mol. The van der Waals surface area contributed by atoms with Crippen LogP contribution in [-0.4, -0.2) is 101 Å². The zero-order valence-electron chi connectivity index (χ0n) is 21.8. The zero-order chi connectivity index (χ0) is 30.0. The van der Waals surface area contributed by atoms with Gasteiger partial charge < -0.3 is 54.8 Å². The molecular formula is C21H40N10O7S. The van der Waals surface area contributed by atoms with Crippen LogP contribution in [0.25, 0.3) is 0 Å². The van der Waals surface area contributed by atoms with Gasteiger partial charge in [-0.25, -0.2) is 4.79 Å². The lowest BCUT2D eigenvalue weighted by Gasteiger charge is -2.25. The lowest BCUT2D eigenvalue weighted by molar-refractivity contribution is -0.147. The molecule has 0 saturated carbocycles. The van der Waals surface area contributed by atoms with E-state index < -0.39 is 60.2 Å². The van der Waals surface area contributed by atoms with Gasteiger partial charge in [0.25, 0.3) is 0 Å². The van der Waals surface area contributed by atoms with Gasteiger partial charge in [0.15, 0.2) is 11.9 Å². The van der Waals surface area contributed by atoms with Gasteiger partial charge in [0.2, 0.25) is 17.7 Å². The van der Waals surface area contributed by atoms with Crippen LogP contribution in [-0.2, 0) is 24.0 Å². The number of aliphatic imine (C=N–C) groups is 2. The third-order valence-electron chi connectivity index (χ3n) is 5.12. The summed E-state index contributed by atoms with van der Waals surface area (Å²) in [6.45, 7) is 0.426. The van der Waals surface area contributed by atoms with Crippen LogP contribution in [0.5, 0.6) is 0 Å². The van der Waals surface area contributed by atoms with Gasteiger partial charge in [-0.3, -0.25) is 29.2 Å². The van der Waals surface area contributed by atoms with Crippen molar-refractivity contribution in [2.75, 3.05) is 25.1 Å². The highest BCUT2D eigenvalue weighted by Crippen LogP contribution is 2.07. The summed E-state index contributed by atoms with van der Waals surface area (Å²) in [5, 5.41) is 25.4. The van der Waals surface area contributed by atoms with Gasteiger partial charge in [0.1, 0.15) is 18.1 Å². The van der Waals surface area contributed by atoms with Gasteiger partial charge in [-0.05, 0) is 44.1 Å². The predicted octanol–water partition coefficient (Wildman–Crippen LogP) is -3.81. The first-order chi connectivity index (χ1) is 18.3. The molecule has 0 fully saturated rings. The van der Waals surface area contributed by atoms with Gasteiger partial charge in [0, 0.05) is 13.1 Å². The van der Waals surface area contributed by atoms with Crippen LogP contribution in [0.1, 0.15) is 38.5 Å². The summed E-state index contributed by atoms with van der Waals surface area (Å²) < 4.78 is 0. The first kappa shape index (κ1) is 35.2. The van der Waals surface area contributed by atoms with Crippen LogP contribution >= 0.6 is 11.8 Å². The minimum absolute atomic E-state index is 0.0860. The Labute approximate surface area is 230 Å². The average molecular weight is 577 g/mol. The Bertz CT molecular complexity index is 894. The number of nitrogens with two attached hydrogens (primary N) is 5. The van der Waals surface area contributed by atoms with Crippen LogP contribution in [0.15, 0.2) is 9.98 Å². The Hall–Kier alpha value is -3.80. The van der Waals surface area contributed by atoms with E-state index in [-0.39, 0.29) is 50.7 Å². The number of aliphatic carboxylic acids is 2. The fourth-order valence-corrected chi connectivity index (χ4v) is 3.60. The van der Waals surface area contributed by atoms with Crippen molar-refractivity contribution in [1.82, 2.24) is 16.0 Å². The number of carbonyl (C=O) groups excluding carboxylic acids is 3. The van der Waals surface area contributed by atoms with Crippen molar-refractivity contribution in [2.45, 2.75) is 62.7 Å². The van der Waals surface area contributed by atoms with E-state index in [2.05, 4.69) is 25.9 Å². The summed E-state index contributed by atoms with van der Waals surface area (Å²) in [5.74, 6) is -5.03. The highest BCUT2D eigenvalue weighted by atomic mass is 32.2. The van der Waals surface area contributed by atoms with Gasteiger partial charge in [-0.15, -0.1) is 0 Å². The molecule has 0 aliphatic carbocycles. The molecule has 18 heteroatoms. The topological polar surface area (TPSA) is 317 Å². The number of nitrogens with one attached hydrogen (secondary N) is 3. The number of carbonyl (C=O) groups is 5. The maximum atomic E-state index is 13.1. The molecule has 17 nitrogen and oxygen atoms in total. The largest absolute Gasteiger partial charge is 0.481 e. The first-order valence-electron chi connectivity index (χ1n) is 12.0. The molecule has 4 unspecified atom stereocenters. The Morgan fingerprint density at radius 1 is 0.744 bits per heavy atom. The summed E-state index contributed by atoms with van der Waals surface area (Å²) >= 11 is 1.37. The highest BCUT2D eigenvalue weighted by molar-refractivity contribution is 7.98. The number of nitrogens with zero attached hydrogens (tertiary/aromatic N) is 2. The minimum atomic E-state index is -1.70. The molecule has 15 N–H and O–H groups in total. The van der Waals surface area contributed by atoms with Crippen molar-refractivity contribution in [3.05, 3.63) is 0 Å². The third kappa shape index (κ3) is 16.6. The maximum absolute atomic E-state index is 13.1. The SMILES string of the molecule is CSCCC(NC(=O)C(CCCN=C(N)N)NC(=O)C(N)CCCN=C(N)N)C(=O)NC(CC(=O)O)C(=O)O. The molecule has 0 radical (unpaired) electrons. The van der Waals surface area contributed by atoms with E-state index in [4.69, 9.17) is 33.8 Å². The van der Waals surface area contributed by atoms with Crippen molar-refractivity contribution < 1.29 is 34.2 Å². The quantitative estimate of drug-likeness (QED) is 0.0378. The van der Waals surface area contributed by atoms with Gasteiger partial charge >= 0.3 is 11.9 Å². The Morgan fingerprint density at radius 3 is 1.67 bits per heavy atom. The summed E-state index contributed by atoms with van der Waals surface area (Å²) in [6, 6.07) is -5.01. The number of thioether (sulfide) groups is 1. The van der Waals surface area contributed by atoms with Crippen molar-refractivity contribution in [3.63, 3.8) is 0 Å². The lowest BCUT2D eigenvalue weighted by Crippen LogP contribution is -2.57. The molecular weight excluding hydrogens is 536 g/mol. The van der Waals surface area contributed by atoms with E-state index in [9.17, 15) is 29.1 Å². The van der Waals surface area contributed by atoms with Gasteiger partial charge in [-0.2, -0.15) is 11.8 Å². The van der Waals surface area contributed by atoms with E-state index in [1.165, 1.54) is 11.8 Å². The summed E-state index contributed by atoms with van der Waals surface area (Å²) in [5.41, 5.74) is 27.1. The summed E-state index contributed by atoms with van der Waals surface area (Å²) in [7, 11) is 0. The maximum Gasteiger partial charge on any atom is 0.326 e. The average Bonchev–Trinajstić information content (AvgIpc) is 2.84. The van der Waals surface area contributed by atoms with Crippen molar-refractivity contribution >= 4 is 53.3 Å². The smallest absolute Gasteiger partial charge is 0.326 e. The standard InChI is InChI=1S/C21H40N10O7S/c1-39-9-6-13(18(36)31-14(19(37)38)10-15(32)33)30-17(35)12(5-3-8-28-21(25)26)29-16(34)11(22)4-2-7-27-20(23)24/h11-14H,2-10,22H2,1H3,(H,29,34)(H,30,35)(H,31,36)(H,32,33)(H,37,38)(H4,23,24,27)(H4,25,26,28). The van der Waals surface area contributed by atoms with Crippen molar-refractivity contribution in [2.24, 2.45) is 38.7 Å². The number of hydrogen-bond acceptors (Lipinski definition) is 9. The third-order valence-corrected chi connectivity index (χ3v) is 5.76. The normalized spacial score (nSPS) is 13.6. The molecule has 0 saturated heterocycles. The fraction of sp³-hybridized carbons (Fsp3) is 0.667. The second-order valence-corrected chi connectivity index (χ2v) is 9.39. The molecule has 0 aliphatic rings. The molecule has 0 heterocycles. The van der Waals surface area contributed by atoms with E-state index >= 15 is 0 Å². The molecule has 0 aromatic heterocycles. The molecule has 0 rings (SSSR count). The van der Waals surface area contributed by atoms with Crippen molar-refractivity contribution in [1.29, 1.82) is 0 Å². The van der Waals surface area contributed by atoms with Crippen LogP contribution in [0.3, 0.4) is 0 Å². The van der Waals surface area contributed by atoms with Crippen LogP contribution < -0.4 is 44.6 Å². The molecule has 0 spiro atoms. The Kier molecular flexibility index (Phi) is 17.4. The Morgan fingerprint density at radius 2 is 1.21 bits per heavy atom. The van der Waals surface area contributed by atoms with E-state index in [1.807, 2.05) is 0 Å². The minimum Gasteiger partial charge on any atom is -0.481 e. The Balaban J connectivity index is 5.56. The highest BCUT2D eigenvalue weighted by Gasteiger charge is 2.30. The zero-order valence-corrected chi connectivity index (χ0v) is 22.6. The van der Waals surface area contributed by atoms with E-state index in [0.29, 0.717) is 12.2 Å². The lowest BCUT2D eigenvalue weighted by atomic mass is 10.1. The van der Waals surface area contributed by atoms with Gasteiger partial charge in [-0.1, -0.05) is 0 Å². The van der Waals surface area contributed by atoms with E-state index in [0.717, 1.165) is 0 Å². The second kappa shape index (κ2) is 19.3. The van der Waals surface area contributed by atoms with Crippen molar-refractivity contribution in [3.8, 4) is 0 Å². The molecule has 3 amide bonds. The number of carboxylic acid groups (broad SMARTS) is 2. The van der Waals surface area contributed by atoms with Crippen LogP contribution in [0.4, 0.5) is 0 Å². The molecule has 39 heavy (non-hydrogen) atoms. The monoisotopic (exact) mass is 576 g/mol. The van der Waals surface area contributed by atoms with Crippen LogP contribution in [0.2, 0.25) is 0 Å². The van der Waals surface area contributed by atoms with Crippen LogP contribution in [0, 0.1) is 0 Å². The number of guanidine groups is 2. The molecule has 222 valence electrons. The van der Waals surface area contributed by atoms with Gasteiger partial charge in [0.05, 0.1) is 12.5 Å². The fourth-order valence-electron chi connectivity index (χ4n) is 3.13. The van der Waals surface area contributed by atoms with E-state index in [1.54, 1.807) is 6.26 Å².